The average Bonchev–Trinajstić information content (AvgIpc) is 2.53. The van der Waals surface area contributed by atoms with Gasteiger partial charge in [0.25, 0.3) is 10.0 Å². The third kappa shape index (κ3) is 3.78. The first-order valence-electron chi connectivity index (χ1n) is 6.81. The maximum atomic E-state index is 12.6. The van der Waals surface area contributed by atoms with E-state index in [1.54, 1.807) is 30.3 Å². The van der Waals surface area contributed by atoms with Crippen molar-refractivity contribution in [2.75, 3.05) is 6.54 Å². The standard InChI is InChI=1S/C18H17NO2S/c1-3-14-19(15-13-17-11-9-16(2)10-12-17)22(20,21)18-7-5-4-6-8-18/h3-12H,1,14H2,2H3. The predicted molar refractivity (Wildman–Crippen MR) is 88.6 cm³/mol. The molecule has 0 aliphatic rings. The van der Waals surface area contributed by atoms with Gasteiger partial charge in [-0.05, 0) is 37.1 Å². The van der Waals surface area contributed by atoms with Crippen molar-refractivity contribution in [2.45, 2.75) is 11.8 Å². The number of rotatable bonds is 4. The summed E-state index contributed by atoms with van der Waals surface area (Å²) >= 11 is 0. The zero-order valence-corrected chi connectivity index (χ0v) is 13.2. The van der Waals surface area contributed by atoms with Crippen LogP contribution in [0, 0.1) is 18.9 Å². The van der Waals surface area contributed by atoms with Gasteiger partial charge >= 0.3 is 0 Å². The largest absolute Gasteiger partial charge is 0.271 e. The normalized spacial score (nSPS) is 10.4. The molecule has 4 heteroatoms. The van der Waals surface area contributed by atoms with E-state index in [0.29, 0.717) is 0 Å². The van der Waals surface area contributed by atoms with E-state index >= 15 is 0 Å². The molecule has 0 aromatic heterocycles. The van der Waals surface area contributed by atoms with Crippen LogP contribution < -0.4 is 0 Å². The Morgan fingerprint density at radius 2 is 1.73 bits per heavy atom. The highest BCUT2D eigenvalue weighted by atomic mass is 32.2. The molecule has 22 heavy (non-hydrogen) atoms. The molecule has 0 fully saturated rings. The van der Waals surface area contributed by atoms with E-state index in [0.717, 1.165) is 15.4 Å². The molecular formula is C18H17NO2S. The van der Waals surface area contributed by atoms with E-state index in [4.69, 9.17) is 0 Å². The third-order valence-corrected chi connectivity index (χ3v) is 4.69. The first kappa shape index (κ1) is 15.9. The molecule has 0 spiro atoms. The smallest absolute Gasteiger partial charge is 0.220 e. The van der Waals surface area contributed by atoms with Crippen LogP contribution in [0.15, 0.2) is 72.1 Å². The molecule has 3 nitrogen and oxygen atoms in total. The fourth-order valence-corrected chi connectivity index (χ4v) is 3.03. The fraction of sp³-hybridized carbons (Fsp3) is 0.111. The van der Waals surface area contributed by atoms with E-state index in [2.05, 4.69) is 18.5 Å². The molecule has 2 aromatic carbocycles. The van der Waals surface area contributed by atoms with Crippen molar-refractivity contribution in [2.24, 2.45) is 0 Å². The lowest BCUT2D eigenvalue weighted by Crippen LogP contribution is -2.26. The SMILES string of the molecule is C=CCN(C#Cc1ccc(C)cc1)S(=O)(=O)c1ccccc1. The van der Waals surface area contributed by atoms with Crippen molar-refractivity contribution in [3.63, 3.8) is 0 Å². The lowest BCUT2D eigenvalue weighted by Gasteiger charge is -2.15. The molecule has 0 radical (unpaired) electrons. The van der Waals surface area contributed by atoms with E-state index in [-0.39, 0.29) is 11.4 Å². The second-order valence-electron chi connectivity index (χ2n) is 4.74. The Kier molecular flexibility index (Phi) is 5.03. The van der Waals surface area contributed by atoms with Crippen LogP contribution >= 0.6 is 0 Å². The van der Waals surface area contributed by atoms with Crippen molar-refractivity contribution in [1.82, 2.24) is 4.31 Å². The minimum Gasteiger partial charge on any atom is -0.220 e. The molecule has 0 saturated carbocycles. The summed E-state index contributed by atoms with van der Waals surface area (Å²) in [6.07, 6.45) is 1.52. The van der Waals surface area contributed by atoms with Crippen LogP contribution in [0.4, 0.5) is 0 Å². The average molecular weight is 311 g/mol. The molecule has 2 rings (SSSR count). The minimum atomic E-state index is -3.65. The number of nitrogens with zero attached hydrogens (tertiary/aromatic N) is 1. The third-order valence-electron chi connectivity index (χ3n) is 3.00. The van der Waals surface area contributed by atoms with Crippen LogP contribution in [-0.2, 0) is 10.0 Å². The Bertz CT molecular complexity index is 798. The van der Waals surface area contributed by atoms with Gasteiger partial charge in [0.1, 0.15) is 0 Å². The monoisotopic (exact) mass is 311 g/mol. The fourth-order valence-electron chi connectivity index (χ4n) is 1.80. The number of benzene rings is 2. The van der Waals surface area contributed by atoms with Crippen LogP contribution in [0.25, 0.3) is 0 Å². The van der Waals surface area contributed by atoms with Crippen LogP contribution in [0.5, 0.6) is 0 Å². The molecular weight excluding hydrogens is 294 g/mol. The number of sulfonamides is 1. The zero-order valence-electron chi connectivity index (χ0n) is 12.4. The molecule has 0 atom stereocenters. The van der Waals surface area contributed by atoms with Gasteiger partial charge in [0.2, 0.25) is 0 Å². The Morgan fingerprint density at radius 3 is 2.32 bits per heavy atom. The van der Waals surface area contributed by atoms with Crippen LogP contribution in [-0.4, -0.2) is 19.3 Å². The van der Waals surface area contributed by atoms with E-state index in [1.165, 1.54) is 6.08 Å². The molecule has 112 valence electrons. The Labute approximate surface area is 132 Å². The van der Waals surface area contributed by atoms with Gasteiger partial charge < -0.3 is 0 Å². The molecule has 0 N–H and O–H groups in total. The van der Waals surface area contributed by atoms with Crippen molar-refractivity contribution in [3.05, 3.63) is 78.4 Å². The van der Waals surface area contributed by atoms with Gasteiger partial charge in [-0.15, -0.1) is 6.58 Å². The number of aryl methyl sites for hydroxylation is 1. The van der Waals surface area contributed by atoms with Gasteiger partial charge in [0.05, 0.1) is 11.4 Å². The summed E-state index contributed by atoms with van der Waals surface area (Å²) in [4.78, 5) is 0.218. The second kappa shape index (κ2) is 6.97. The topological polar surface area (TPSA) is 37.4 Å². The summed E-state index contributed by atoms with van der Waals surface area (Å²) in [6.45, 7) is 5.72. The Balaban J connectivity index is 2.35. The highest BCUT2D eigenvalue weighted by molar-refractivity contribution is 7.89. The van der Waals surface area contributed by atoms with Crippen LogP contribution in [0.2, 0.25) is 0 Å². The van der Waals surface area contributed by atoms with Gasteiger partial charge in [0.15, 0.2) is 0 Å². The van der Waals surface area contributed by atoms with Crippen molar-refractivity contribution < 1.29 is 8.42 Å². The molecule has 0 aliphatic carbocycles. The molecule has 0 aliphatic heterocycles. The molecule has 0 heterocycles. The number of hydrogen-bond donors (Lipinski definition) is 0. The summed E-state index contributed by atoms with van der Waals surface area (Å²) in [5, 5.41) is 0. The number of hydrogen-bond acceptors (Lipinski definition) is 2. The summed E-state index contributed by atoms with van der Waals surface area (Å²) in [7, 11) is -3.65. The summed E-state index contributed by atoms with van der Waals surface area (Å²) in [5.74, 6) is 2.88. The molecule has 2 aromatic rings. The Hall–Kier alpha value is -2.51. The predicted octanol–water partition coefficient (Wildman–Crippen LogP) is 3.18. The van der Waals surface area contributed by atoms with Gasteiger partial charge in [0, 0.05) is 11.6 Å². The van der Waals surface area contributed by atoms with Gasteiger partial charge in [-0.3, -0.25) is 0 Å². The maximum Gasteiger partial charge on any atom is 0.271 e. The van der Waals surface area contributed by atoms with E-state index < -0.39 is 10.0 Å². The first-order chi connectivity index (χ1) is 10.5. The molecule has 0 amide bonds. The molecule has 0 saturated heterocycles. The molecule has 0 unspecified atom stereocenters. The van der Waals surface area contributed by atoms with Crippen LogP contribution in [0.3, 0.4) is 0 Å². The van der Waals surface area contributed by atoms with Crippen molar-refractivity contribution >= 4 is 10.0 Å². The minimum absolute atomic E-state index is 0.135. The first-order valence-corrected chi connectivity index (χ1v) is 8.25. The summed E-state index contributed by atoms with van der Waals surface area (Å²) in [6, 6.07) is 18.6. The zero-order chi connectivity index (χ0) is 16.0. The highest BCUT2D eigenvalue weighted by Crippen LogP contribution is 2.14. The van der Waals surface area contributed by atoms with Crippen molar-refractivity contribution in [3.8, 4) is 12.0 Å². The molecule has 0 bridgehead atoms. The summed E-state index contributed by atoms with van der Waals surface area (Å²) < 4.78 is 26.3. The highest BCUT2D eigenvalue weighted by Gasteiger charge is 2.20. The van der Waals surface area contributed by atoms with Gasteiger partial charge in [-0.2, -0.15) is 0 Å². The van der Waals surface area contributed by atoms with Gasteiger partial charge in [-0.25, -0.2) is 12.7 Å². The second-order valence-corrected chi connectivity index (χ2v) is 6.60. The van der Waals surface area contributed by atoms with Crippen LogP contribution in [0.1, 0.15) is 11.1 Å². The Morgan fingerprint density at radius 1 is 1.09 bits per heavy atom. The maximum absolute atomic E-state index is 12.6. The van der Waals surface area contributed by atoms with Gasteiger partial charge in [-0.1, -0.05) is 42.0 Å². The van der Waals surface area contributed by atoms with E-state index in [9.17, 15) is 8.42 Å². The summed E-state index contributed by atoms with van der Waals surface area (Å²) in [5.41, 5.74) is 1.90. The van der Waals surface area contributed by atoms with E-state index in [1.807, 2.05) is 31.2 Å². The lowest BCUT2D eigenvalue weighted by atomic mass is 10.2. The lowest BCUT2D eigenvalue weighted by molar-refractivity contribution is 0.533. The quantitative estimate of drug-likeness (QED) is 0.494. The van der Waals surface area contributed by atoms with Crippen molar-refractivity contribution in [1.29, 1.82) is 0 Å².